The number of nitrogens with one attached hydrogen (secondary N) is 2. The zero-order chi connectivity index (χ0) is 19.1. The van der Waals surface area contributed by atoms with Gasteiger partial charge in [0.05, 0.1) is 30.2 Å². The van der Waals surface area contributed by atoms with Crippen molar-refractivity contribution in [2.75, 3.05) is 19.0 Å². The van der Waals surface area contributed by atoms with E-state index in [1.165, 1.54) is 12.3 Å². The third kappa shape index (κ3) is 4.82. The van der Waals surface area contributed by atoms with Crippen molar-refractivity contribution in [1.82, 2.24) is 10.3 Å². The van der Waals surface area contributed by atoms with Crippen molar-refractivity contribution in [1.29, 1.82) is 0 Å². The van der Waals surface area contributed by atoms with Crippen molar-refractivity contribution in [3.63, 3.8) is 0 Å². The summed E-state index contributed by atoms with van der Waals surface area (Å²) in [6.45, 7) is 0.337. The molecule has 27 heavy (non-hydrogen) atoms. The van der Waals surface area contributed by atoms with Crippen LogP contribution in [0, 0.1) is 5.82 Å². The largest absolute Gasteiger partial charge is 0.495 e. The van der Waals surface area contributed by atoms with Crippen molar-refractivity contribution >= 4 is 17.3 Å². The minimum Gasteiger partial charge on any atom is -0.495 e. The van der Waals surface area contributed by atoms with Gasteiger partial charge in [0, 0.05) is 12.7 Å². The quantitative estimate of drug-likeness (QED) is 0.666. The molecular weight excluding hydrogens is 345 g/mol. The number of aromatic nitrogens is 1. The predicted molar refractivity (Wildman–Crippen MR) is 103 cm³/mol. The van der Waals surface area contributed by atoms with Gasteiger partial charge in [-0.1, -0.05) is 30.3 Å². The Hall–Kier alpha value is -3.41. The summed E-state index contributed by atoms with van der Waals surface area (Å²) in [6, 6.07) is 15.7. The second kappa shape index (κ2) is 8.80. The number of anilines is 2. The Bertz CT molecular complexity index is 931. The van der Waals surface area contributed by atoms with Crippen molar-refractivity contribution in [3.8, 4) is 5.75 Å². The maximum atomic E-state index is 13.6. The van der Waals surface area contributed by atoms with E-state index in [-0.39, 0.29) is 11.7 Å². The van der Waals surface area contributed by atoms with E-state index in [1.807, 2.05) is 24.3 Å². The van der Waals surface area contributed by atoms with Crippen LogP contribution < -0.4 is 15.4 Å². The number of pyridine rings is 1. The summed E-state index contributed by atoms with van der Waals surface area (Å²) in [4.78, 5) is 16.5. The highest BCUT2D eigenvalue weighted by molar-refractivity contribution is 5.94. The first-order valence-corrected chi connectivity index (χ1v) is 8.54. The molecule has 0 unspecified atom stereocenters. The second-order valence-electron chi connectivity index (χ2n) is 5.88. The Kier molecular flexibility index (Phi) is 5.99. The number of para-hydroxylation sites is 2. The van der Waals surface area contributed by atoms with Crippen molar-refractivity contribution in [2.24, 2.45) is 0 Å². The van der Waals surface area contributed by atoms with Crippen LogP contribution in [0.25, 0.3) is 0 Å². The molecule has 0 aliphatic carbocycles. The summed E-state index contributed by atoms with van der Waals surface area (Å²) in [5, 5.41) is 5.98. The first-order valence-electron chi connectivity index (χ1n) is 8.54. The van der Waals surface area contributed by atoms with E-state index in [4.69, 9.17) is 4.74 Å². The SMILES string of the molecule is COc1ccccc1Nc1cncc(C(=O)NCCc2ccccc2F)c1. The Morgan fingerprint density at radius 2 is 1.89 bits per heavy atom. The normalized spacial score (nSPS) is 10.3. The van der Waals surface area contributed by atoms with Gasteiger partial charge < -0.3 is 15.4 Å². The lowest BCUT2D eigenvalue weighted by molar-refractivity contribution is 0.0953. The van der Waals surface area contributed by atoms with Gasteiger partial charge in [-0.2, -0.15) is 0 Å². The van der Waals surface area contributed by atoms with Gasteiger partial charge >= 0.3 is 0 Å². The Labute approximate surface area is 157 Å². The van der Waals surface area contributed by atoms with Crippen LogP contribution in [-0.2, 0) is 6.42 Å². The zero-order valence-electron chi connectivity index (χ0n) is 14.9. The van der Waals surface area contributed by atoms with Gasteiger partial charge in [-0.3, -0.25) is 9.78 Å². The number of rotatable bonds is 7. The van der Waals surface area contributed by atoms with Crippen molar-refractivity contribution in [2.45, 2.75) is 6.42 Å². The number of halogens is 1. The standard InChI is InChI=1S/C21H20FN3O2/c1-27-20-9-5-4-8-19(20)25-17-12-16(13-23-14-17)21(26)24-11-10-15-6-2-3-7-18(15)22/h2-9,12-14,25H,10-11H2,1H3,(H,24,26). The molecular formula is C21H20FN3O2. The van der Waals surface area contributed by atoms with Crippen LogP contribution in [0.15, 0.2) is 67.0 Å². The van der Waals surface area contributed by atoms with Crippen molar-refractivity contribution in [3.05, 3.63) is 83.9 Å². The Morgan fingerprint density at radius 3 is 2.70 bits per heavy atom. The molecule has 0 radical (unpaired) electrons. The molecule has 0 fully saturated rings. The van der Waals surface area contributed by atoms with Gasteiger partial charge in [-0.15, -0.1) is 0 Å². The molecule has 0 saturated carbocycles. The lowest BCUT2D eigenvalue weighted by Crippen LogP contribution is -2.26. The third-order valence-corrected chi connectivity index (χ3v) is 4.02. The average molecular weight is 365 g/mol. The summed E-state index contributed by atoms with van der Waals surface area (Å²) < 4.78 is 18.9. The van der Waals surface area contributed by atoms with E-state index in [9.17, 15) is 9.18 Å². The average Bonchev–Trinajstić information content (AvgIpc) is 2.70. The molecule has 138 valence electrons. The highest BCUT2D eigenvalue weighted by Crippen LogP contribution is 2.26. The number of carbonyl (C=O) groups excluding carboxylic acids is 1. The van der Waals surface area contributed by atoms with E-state index in [0.717, 1.165) is 5.69 Å². The zero-order valence-corrected chi connectivity index (χ0v) is 14.9. The molecule has 2 aromatic carbocycles. The maximum Gasteiger partial charge on any atom is 0.252 e. The molecule has 1 amide bonds. The Balaban J connectivity index is 1.62. The monoisotopic (exact) mass is 365 g/mol. The van der Waals surface area contributed by atoms with E-state index in [0.29, 0.717) is 35.5 Å². The third-order valence-electron chi connectivity index (χ3n) is 4.02. The number of nitrogens with zero attached hydrogens (tertiary/aromatic N) is 1. The molecule has 0 aliphatic heterocycles. The van der Waals surface area contributed by atoms with Crippen LogP contribution in [0.4, 0.5) is 15.8 Å². The lowest BCUT2D eigenvalue weighted by Gasteiger charge is -2.11. The summed E-state index contributed by atoms with van der Waals surface area (Å²) in [6.07, 6.45) is 3.54. The lowest BCUT2D eigenvalue weighted by atomic mass is 10.1. The topological polar surface area (TPSA) is 63.2 Å². The van der Waals surface area contributed by atoms with Crippen molar-refractivity contribution < 1.29 is 13.9 Å². The van der Waals surface area contributed by atoms with E-state index in [2.05, 4.69) is 15.6 Å². The number of methoxy groups -OCH3 is 1. The van der Waals surface area contributed by atoms with Gasteiger partial charge in [0.15, 0.2) is 0 Å². The number of hydrogen-bond acceptors (Lipinski definition) is 4. The molecule has 0 atom stereocenters. The highest BCUT2D eigenvalue weighted by Gasteiger charge is 2.09. The molecule has 3 rings (SSSR count). The number of amides is 1. The number of ether oxygens (including phenoxy) is 1. The molecule has 0 saturated heterocycles. The molecule has 2 N–H and O–H groups in total. The number of benzene rings is 2. The maximum absolute atomic E-state index is 13.6. The second-order valence-corrected chi connectivity index (χ2v) is 5.88. The van der Waals surface area contributed by atoms with Gasteiger partial charge in [0.1, 0.15) is 11.6 Å². The summed E-state index contributed by atoms with van der Waals surface area (Å²) in [5.74, 6) is 0.163. The van der Waals surface area contributed by atoms with E-state index in [1.54, 1.807) is 37.6 Å². The van der Waals surface area contributed by atoms with Gasteiger partial charge in [0.25, 0.3) is 5.91 Å². The molecule has 0 aliphatic rings. The first-order chi connectivity index (χ1) is 13.2. The molecule has 0 bridgehead atoms. The van der Waals surface area contributed by atoms with Crippen LogP contribution in [0.5, 0.6) is 5.75 Å². The number of hydrogen-bond donors (Lipinski definition) is 2. The van der Waals surface area contributed by atoms with Crippen LogP contribution in [-0.4, -0.2) is 24.5 Å². The summed E-state index contributed by atoms with van der Waals surface area (Å²) >= 11 is 0. The van der Waals surface area contributed by atoms with Gasteiger partial charge in [0.2, 0.25) is 0 Å². The van der Waals surface area contributed by atoms with Gasteiger partial charge in [-0.25, -0.2) is 4.39 Å². The fourth-order valence-electron chi connectivity index (χ4n) is 2.65. The molecule has 1 heterocycles. The first kappa shape index (κ1) is 18.4. The molecule has 6 heteroatoms. The Morgan fingerprint density at radius 1 is 1.11 bits per heavy atom. The number of carbonyl (C=O) groups is 1. The smallest absolute Gasteiger partial charge is 0.252 e. The molecule has 1 aromatic heterocycles. The van der Waals surface area contributed by atoms with Crippen LogP contribution in [0.2, 0.25) is 0 Å². The van der Waals surface area contributed by atoms with E-state index >= 15 is 0 Å². The van der Waals surface area contributed by atoms with Gasteiger partial charge in [-0.05, 0) is 36.2 Å². The van der Waals surface area contributed by atoms with Crippen LogP contribution >= 0.6 is 0 Å². The minimum atomic E-state index is -0.267. The fraction of sp³-hybridized carbons (Fsp3) is 0.143. The van der Waals surface area contributed by atoms with Crippen LogP contribution in [0.1, 0.15) is 15.9 Å². The fourth-order valence-corrected chi connectivity index (χ4v) is 2.65. The predicted octanol–water partition coefficient (Wildman–Crippen LogP) is 3.95. The summed E-state index contributed by atoms with van der Waals surface area (Å²) in [5.41, 5.74) is 2.44. The van der Waals surface area contributed by atoms with Crippen LogP contribution in [0.3, 0.4) is 0 Å². The molecule has 0 spiro atoms. The van der Waals surface area contributed by atoms with E-state index < -0.39 is 0 Å². The highest BCUT2D eigenvalue weighted by atomic mass is 19.1. The molecule has 3 aromatic rings. The minimum absolute atomic E-state index is 0.262. The molecule has 5 nitrogen and oxygen atoms in total. The summed E-state index contributed by atoms with van der Waals surface area (Å²) in [7, 11) is 1.60.